The molecule has 3 N–H and O–H groups in total. The van der Waals surface area contributed by atoms with Gasteiger partial charge in [-0.3, -0.25) is 19.2 Å². The minimum Gasteiger partial charge on any atom is -0.494 e. The summed E-state index contributed by atoms with van der Waals surface area (Å²) in [4.78, 5) is 58.3. The molecule has 3 heterocycles. The van der Waals surface area contributed by atoms with Crippen LogP contribution in [0, 0.1) is 12.8 Å². The van der Waals surface area contributed by atoms with Crippen molar-refractivity contribution in [3.8, 4) is 5.75 Å². The molecule has 4 bridgehead atoms. The normalized spacial score (nSPS) is 23.5. The minimum absolute atomic E-state index is 0.151. The maximum absolute atomic E-state index is 13.9. The first-order valence-electron chi connectivity index (χ1n) is 17.0. The molecule has 0 saturated carbocycles. The SMILES string of the molecule is Cc1ccc2cc1CNC(=O)[C@H](CCc1ccccc1)NC(=O)[C@@H](NC(=O)CCN1CCCC1)CC(=O)N1CCCC(CCO2)C1. The van der Waals surface area contributed by atoms with Crippen molar-refractivity contribution in [1.82, 2.24) is 25.8 Å². The first-order chi connectivity index (χ1) is 22.3. The molecule has 0 aromatic heterocycles. The van der Waals surface area contributed by atoms with E-state index in [0.29, 0.717) is 45.0 Å². The van der Waals surface area contributed by atoms with Crippen LogP contribution in [-0.2, 0) is 32.1 Å². The minimum atomic E-state index is -1.08. The summed E-state index contributed by atoms with van der Waals surface area (Å²) < 4.78 is 6.11. The standard InChI is InChI=1S/C36H49N5O5/c1-26-11-13-30-22-29(26)24-37-35(44)31(14-12-27-8-3-2-4-9-27)39-36(45)32(38-33(42)15-20-40-17-5-6-18-40)23-34(43)41-19-7-10-28(25-41)16-21-46-30/h2-4,8-9,11,13,22,28,31-32H,5-7,10,12,14-21,23-25H2,1H3,(H,37,44)(H,38,42)(H,39,45)/t28?,31-,32-/m0/s1. The summed E-state index contributed by atoms with van der Waals surface area (Å²) in [7, 11) is 0. The third-order valence-corrected chi connectivity index (χ3v) is 9.52. The molecule has 2 aromatic rings. The van der Waals surface area contributed by atoms with Gasteiger partial charge in [0.25, 0.3) is 0 Å². The quantitative estimate of drug-likeness (QED) is 0.432. The maximum atomic E-state index is 13.9. The fourth-order valence-electron chi connectivity index (χ4n) is 6.65. The molecule has 248 valence electrons. The van der Waals surface area contributed by atoms with Gasteiger partial charge in [-0.1, -0.05) is 36.4 Å². The molecule has 10 heteroatoms. The van der Waals surface area contributed by atoms with Gasteiger partial charge in [-0.25, -0.2) is 0 Å². The van der Waals surface area contributed by atoms with Crippen LogP contribution in [0.15, 0.2) is 48.5 Å². The predicted octanol–water partition coefficient (Wildman–Crippen LogP) is 3.11. The number of fused-ring (bicyclic) bond motifs is 4. The lowest BCUT2D eigenvalue weighted by Gasteiger charge is -2.34. The topological polar surface area (TPSA) is 120 Å². The van der Waals surface area contributed by atoms with Crippen LogP contribution in [0.4, 0.5) is 0 Å². The molecule has 4 amide bonds. The van der Waals surface area contributed by atoms with Crippen LogP contribution in [0.2, 0.25) is 0 Å². The summed E-state index contributed by atoms with van der Waals surface area (Å²) in [5.41, 5.74) is 3.02. The predicted molar refractivity (Wildman–Crippen MR) is 176 cm³/mol. The summed E-state index contributed by atoms with van der Waals surface area (Å²) in [6, 6.07) is 13.8. The fraction of sp³-hybridized carbons (Fsp3) is 0.556. The monoisotopic (exact) mass is 631 g/mol. The molecule has 2 aromatic carbocycles. The Kier molecular flexibility index (Phi) is 12.1. The number of piperidine rings is 1. The Morgan fingerprint density at radius 2 is 1.78 bits per heavy atom. The Morgan fingerprint density at radius 1 is 0.978 bits per heavy atom. The van der Waals surface area contributed by atoms with Gasteiger partial charge < -0.3 is 30.5 Å². The number of hydrogen-bond donors (Lipinski definition) is 3. The zero-order valence-corrected chi connectivity index (χ0v) is 27.1. The Bertz CT molecular complexity index is 1350. The number of nitrogens with zero attached hydrogens (tertiary/aromatic N) is 2. The lowest BCUT2D eigenvalue weighted by molar-refractivity contribution is -0.138. The Morgan fingerprint density at radius 3 is 2.59 bits per heavy atom. The van der Waals surface area contributed by atoms with E-state index in [2.05, 4.69) is 20.9 Å². The van der Waals surface area contributed by atoms with Gasteiger partial charge in [-0.05, 0) is 99.7 Å². The van der Waals surface area contributed by atoms with Gasteiger partial charge >= 0.3 is 0 Å². The molecule has 0 aliphatic carbocycles. The molecule has 0 spiro atoms. The van der Waals surface area contributed by atoms with Gasteiger partial charge in [0.2, 0.25) is 23.6 Å². The number of carbonyl (C=O) groups is 4. The number of carbonyl (C=O) groups excluding carboxylic acids is 4. The van der Waals surface area contributed by atoms with Gasteiger partial charge in [-0.15, -0.1) is 0 Å². The number of ether oxygens (including phenoxy) is 1. The summed E-state index contributed by atoms with van der Waals surface area (Å²) >= 11 is 0. The van der Waals surface area contributed by atoms with E-state index in [1.165, 1.54) is 0 Å². The molecule has 1 unspecified atom stereocenters. The van der Waals surface area contributed by atoms with E-state index in [9.17, 15) is 19.2 Å². The van der Waals surface area contributed by atoms with Crippen molar-refractivity contribution in [1.29, 1.82) is 0 Å². The fourth-order valence-corrected chi connectivity index (χ4v) is 6.65. The van der Waals surface area contributed by atoms with Gasteiger partial charge in [0.05, 0.1) is 13.0 Å². The highest BCUT2D eigenvalue weighted by molar-refractivity contribution is 5.95. The van der Waals surface area contributed by atoms with Crippen molar-refractivity contribution in [2.24, 2.45) is 5.92 Å². The Balaban J connectivity index is 1.36. The van der Waals surface area contributed by atoms with E-state index < -0.39 is 18.0 Å². The van der Waals surface area contributed by atoms with Crippen LogP contribution in [0.1, 0.15) is 68.1 Å². The Labute approximate surface area is 272 Å². The Hall–Kier alpha value is -3.92. The zero-order chi connectivity index (χ0) is 32.3. The average molecular weight is 632 g/mol. The van der Waals surface area contributed by atoms with Crippen LogP contribution in [0.3, 0.4) is 0 Å². The van der Waals surface area contributed by atoms with E-state index in [1.807, 2.05) is 60.4 Å². The van der Waals surface area contributed by atoms with Gasteiger partial charge in [0.15, 0.2) is 0 Å². The van der Waals surface area contributed by atoms with E-state index in [-0.39, 0.29) is 37.1 Å². The van der Waals surface area contributed by atoms with Gasteiger partial charge in [0, 0.05) is 32.6 Å². The van der Waals surface area contributed by atoms with Crippen molar-refractivity contribution in [3.05, 3.63) is 65.2 Å². The lowest BCUT2D eigenvalue weighted by Crippen LogP contribution is -2.55. The molecular weight excluding hydrogens is 582 g/mol. The average Bonchev–Trinajstić information content (AvgIpc) is 3.59. The summed E-state index contributed by atoms with van der Waals surface area (Å²) in [6.07, 6.45) is 5.99. The molecule has 10 nitrogen and oxygen atoms in total. The van der Waals surface area contributed by atoms with Crippen LogP contribution < -0.4 is 20.7 Å². The second kappa shape index (κ2) is 16.6. The molecule has 5 rings (SSSR count). The second-order valence-corrected chi connectivity index (χ2v) is 13.0. The lowest BCUT2D eigenvalue weighted by atomic mass is 9.94. The summed E-state index contributed by atoms with van der Waals surface area (Å²) in [5, 5.41) is 8.80. The maximum Gasteiger partial charge on any atom is 0.243 e. The number of benzene rings is 2. The van der Waals surface area contributed by atoms with Crippen molar-refractivity contribution in [3.63, 3.8) is 0 Å². The first kappa shape index (κ1) is 33.4. The second-order valence-electron chi connectivity index (χ2n) is 13.0. The highest BCUT2D eigenvalue weighted by atomic mass is 16.5. The van der Waals surface area contributed by atoms with Crippen molar-refractivity contribution in [2.75, 3.05) is 39.3 Å². The first-order valence-corrected chi connectivity index (χ1v) is 17.0. The zero-order valence-electron chi connectivity index (χ0n) is 27.1. The number of hydrogen-bond acceptors (Lipinski definition) is 6. The molecule has 3 aliphatic heterocycles. The van der Waals surface area contributed by atoms with Gasteiger partial charge in [0.1, 0.15) is 17.8 Å². The van der Waals surface area contributed by atoms with E-state index in [0.717, 1.165) is 67.6 Å². The van der Waals surface area contributed by atoms with Crippen LogP contribution in [0.5, 0.6) is 5.75 Å². The van der Waals surface area contributed by atoms with Crippen molar-refractivity contribution in [2.45, 2.75) is 83.3 Å². The number of nitrogens with one attached hydrogen (secondary N) is 3. The number of likely N-dealkylation sites (tertiary alicyclic amines) is 1. The number of rotatable bonds is 7. The van der Waals surface area contributed by atoms with Crippen LogP contribution >= 0.6 is 0 Å². The largest absolute Gasteiger partial charge is 0.494 e. The van der Waals surface area contributed by atoms with Crippen LogP contribution in [-0.4, -0.2) is 84.8 Å². The summed E-state index contributed by atoms with van der Waals surface area (Å²) in [5.74, 6) is -0.225. The summed E-state index contributed by atoms with van der Waals surface area (Å²) in [6.45, 7) is 6.59. The smallest absolute Gasteiger partial charge is 0.243 e. The molecule has 3 atom stereocenters. The molecular formula is C36H49N5O5. The highest BCUT2D eigenvalue weighted by Crippen LogP contribution is 2.23. The highest BCUT2D eigenvalue weighted by Gasteiger charge is 2.32. The van der Waals surface area contributed by atoms with Crippen molar-refractivity contribution >= 4 is 23.6 Å². The molecule has 0 radical (unpaired) electrons. The number of amides is 4. The molecule has 3 aliphatic rings. The third kappa shape index (κ3) is 9.79. The van der Waals surface area contributed by atoms with E-state index >= 15 is 0 Å². The van der Waals surface area contributed by atoms with E-state index in [4.69, 9.17) is 4.74 Å². The van der Waals surface area contributed by atoms with Crippen LogP contribution in [0.25, 0.3) is 0 Å². The molecule has 2 saturated heterocycles. The number of aryl methyl sites for hydroxylation is 2. The van der Waals surface area contributed by atoms with E-state index in [1.54, 1.807) is 0 Å². The molecule has 2 fully saturated rings. The van der Waals surface area contributed by atoms with Gasteiger partial charge in [-0.2, -0.15) is 0 Å². The van der Waals surface area contributed by atoms with Crippen molar-refractivity contribution < 1.29 is 23.9 Å². The third-order valence-electron chi connectivity index (χ3n) is 9.52. The molecule has 46 heavy (non-hydrogen) atoms.